The molecule has 1 aliphatic rings. The highest BCUT2D eigenvalue weighted by Gasteiger charge is 2.46. The highest BCUT2D eigenvalue weighted by molar-refractivity contribution is 5.58. The molecule has 1 unspecified atom stereocenters. The van der Waals surface area contributed by atoms with E-state index in [1.54, 1.807) is 0 Å². The van der Waals surface area contributed by atoms with Gasteiger partial charge in [0.1, 0.15) is 0 Å². The molecule has 2 rings (SSSR count). The van der Waals surface area contributed by atoms with Crippen LogP contribution in [0.25, 0.3) is 0 Å². The summed E-state index contributed by atoms with van der Waals surface area (Å²) < 4.78 is 25.7. The molecule has 1 atom stereocenters. The van der Waals surface area contributed by atoms with Crippen LogP contribution in [-0.4, -0.2) is 11.0 Å². The van der Waals surface area contributed by atoms with Crippen LogP contribution in [-0.2, 0) is 0 Å². The molecule has 1 saturated carbocycles. The van der Waals surface area contributed by atoms with Gasteiger partial charge >= 0.3 is 0 Å². The third-order valence-electron chi connectivity index (χ3n) is 3.32. The number of hydrogen-bond donors (Lipinski definition) is 1. The molecule has 98 valence electrons. The van der Waals surface area contributed by atoms with Crippen molar-refractivity contribution in [2.75, 3.05) is 5.32 Å². The van der Waals surface area contributed by atoms with Crippen LogP contribution in [0, 0.1) is 15.5 Å². The molecule has 0 aromatic heterocycles. The van der Waals surface area contributed by atoms with Gasteiger partial charge in [-0.15, -0.1) is 0 Å². The van der Waals surface area contributed by atoms with Crippen LogP contribution in [0.3, 0.4) is 0 Å². The molecule has 0 bridgehead atoms. The molecule has 1 N–H and O–H groups in total. The molecule has 1 aliphatic carbocycles. The van der Waals surface area contributed by atoms with Crippen molar-refractivity contribution >= 4 is 11.4 Å². The molecule has 1 aromatic rings. The second-order valence-corrected chi connectivity index (χ2v) is 5.22. The van der Waals surface area contributed by atoms with Gasteiger partial charge in [0.15, 0.2) is 0 Å². The van der Waals surface area contributed by atoms with Crippen LogP contribution in [0.5, 0.6) is 0 Å². The van der Waals surface area contributed by atoms with E-state index < -0.39 is 11.3 Å². The molecule has 0 radical (unpaired) electrons. The molecule has 0 saturated heterocycles. The molecular weight excluding hydrogens is 242 g/mol. The fraction of sp³-hybridized carbons (Fsp3) is 0.500. The van der Waals surface area contributed by atoms with E-state index in [9.17, 15) is 18.9 Å². The summed E-state index contributed by atoms with van der Waals surface area (Å²) in [5.74, 6) is 0. The zero-order valence-corrected chi connectivity index (χ0v) is 10.1. The molecule has 0 heterocycles. The summed E-state index contributed by atoms with van der Waals surface area (Å²) in [6.45, 7) is 4.08. The van der Waals surface area contributed by atoms with Crippen LogP contribution in [0.2, 0.25) is 0 Å². The number of alkyl halides is 2. The van der Waals surface area contributed by atoms with Gasteiger partial charge in [0.2, 0.25) is 0 Å². The first-order valence-electron chi connectivity index (χ1n) is 5.64. The Labute approximate surface area is 103 Å². The average molecular weight is 256 g/mol. The summed E-state index contributed by atoms with van der Waals surface area (Å²) in [6.07, 6.45) is -1.82. The summed E-state index contributed by atoms with van der Waals surface area (Å²) in [4.78, 5) is 9.90. The highest BCUT2D eigenvalue weighted by Crippen LogP contribution is 2.47. The topological polar surface area (TPSA) is 55.2 Å². The number of non-ortho nitro benzene ring substituents is 1. The maximum Gasteiger partial charge on any atom is 0.270 e. The quantitative estimate of drug-likeness (QED) is 0.659. The number of nitrogens with zero attached hydrogens (tertiary/aromatic N) is 1. The van der Waals surface area contributed by atoms with Crippen LogP contribution in [0.15, 0.2) is 18.2 Å². The number of nitrogens with one attached hydrogen (secondary N) is 1. The Balaban J connectivity index is 2.27. The second-order valence-electron chi connectivity index (χ2n) is 5.22. The Morgan fingerprint density at radius 3 is 2.56 bits per heavy atom. The molecule has 18 heavy (non-hydrogen) atoms. The molecule has 0 aliphatic heterocycles. The number of nitro benzene ring substituents is 1. The van der Waals surface area contributed by atoms with Crippen molar-refractivity contribution in [2.45, 2.75) is 32.7 Å². The Kier molecular flexibility index (Phi) is 2.96. The van der Waals surface area contributed by atoms with E-state index >= 15 is 0 Å². The normalized spacial score (nSPS) is 20.8. The van der Waals surface area contributed by atoms with Gasteiger partial charge < -0.3 is 5.32 Å². The Morgan fingerprint density at radius 2 is 2.11 bits per heavy atom. The van der Waals surface area contributed by atoms with Gasteiger partial charge in [0, 0.05) is 29.4 Å². The average Bonchev–Trinajstić information content (AvgIpc) is 2.85. The monoisotopic (exact) mass is 256 g/mol. The van der Waals surface area contributed by atoms with Crippen molar-refractivity contribution < 1.29 is 13.7 Å². The van der Waals surface area contributed by atoms with Crippen molar-refractivity contribution in [3.8, 4) is 0 Å². The van der Waals surface area contributed by atoms with Gasteiger partial charge in [-0.3, -0.25) is 10.1 Å². The maximum absolute atomic E-state index is 12.9. The van der Waals surface area contributed by atoms with Crippen molar-refractivity contribution in [3.63, 3.8) is 0 Å². The number of rotatable bonds is 4. The summed E-state index contributed by atoms with van der Waals surface area (Å²) in [5, 5.41) is 13.6. The van der Waals surface area contributed by atoms with E-state index in [0.717, 1.165) is 12.5 Å². The Bertz CT molecular complexity index is 489. The Hall–Kier alpha value is -1.72. The summed E-state index contributed by atoms with van der Waals surface area (Å²) in [6, 6.07) is 3.68. The van der Waals surface area contributed by atoms with Crippen LogP contribution < -0.4 is 5.32 Å². The van der Waals surface area contributed by atoms with Gasteiger partial charge in [-0.05, 0) is 17.9 Å². The molecule has 0 amide bonds. The fourth-order valence-electron chi connectivity index (χ4n) is 1.88. The van der Waals surface area contributed by atoms with E-state index in [1.807, 2.05) is 13.8 Å². The fourth-order valence-corrected chi connectivity index (χ4v) is 1.88. The third-order valence-corrected chi connectivity index (χ3v) is 3.32. The predicted octanol–water partition coefficient (Wildman–Crippen LogP) is 3.74. The van der Waals surface area contributed by atoms with E-state index in [2.05, 4.69) is 5.32 Å². The summed E-state index contributed by atoms with van der Waals surface area (Å²) >= 11 is 0. The van der Waals surface area contributed by atoms with Crippen molar-refractivity contribution in [2.24, 2.45) is 5.41 Å². The lowest BCUT2D eigenvalue weighted by atomic mass is 10.1. The molecule has 0 spiro atoms. The second kappa shape index (κ2) is 4.19. The largest absolute Gasteiger partial charge is 0.381 e. The van der Waals surface area contributed by atoms with Gasteiger partial charge in [0.25, 0.3) is 12.1 Å². The minimum absolute atomic E-state index is 0.0984. The maximum atomic E-state index is 12.9. The Morgan fingerprint density at radius 1 is 1.50 bits per heavy atom. The number of anilines is 1. The number of benzene rings is 1. The van der Waals surface area contributed by atoms with Gasteiger partial charge in [-0.2, -0.15) is 0 Å². The van der Waals surface area contributed by atoms with Crippen molar-refractivity contribution in [1.29, 1.82) is 0 Å². The minimum atomic E-state index is -2.73. The van der Waals surface area contributed by atoms with Gasteiger partial charge in [-0.25, -0.2) is 8.78 Å². The molecule has 6 heteroatoms. The first-order chi connectivity index (χ1) is 8.31. The van der Waals surface area contributed by atoms with Crippen LogP contribution in [0.1, 0.15) is 32.3 Å². The number of halogens is 2. The lowest BCUT2D eigenvalue weighted by molar-refractivity contribution is -0.385. The molecule has 4 nitrogen and oxygen atoms in total. The first-order valence-corrected chi connectivity index (χ1v) is 5.64. The van der Waals surface area contributed by atoms with E-state index in [4.69, 9.17) is 0 Å². The predicted molar refractivity (Wildman–Crippen MR) is 63.9 cm³/mol. The lowest BCUT2D eigenvalue weighted by Gasteiger charge is -2.12. The standard InChI is InChI=1S/C12H14F2N2O2/c1-12(2)6-10(12)15-9-4-3-7(16(17)18)5-8(9)11(13)14/h3-5,10-11,15H,6H2,1-2H3. The van der Waals surface area contributed by atoms with E-state index in [0.29, 0.717) is 0 Å². The van der Waals surface area contributed by atoms with Crippen LogP contribution >= 0.6 is 0 Å². The zero-order valence-electron chi connectivity index (χ0n) is 10.1. The molecule has 1 aromatic carbocycles. The minimum Gasteiger partial charge on any atom is -0.381 e. The first kappa shape index (κ1) is 12.7. The highest BCUT2D eigenvalue weighted by atomic mass is 19.3. The van der Waals surface area contributed by atoms with Gasteiger partial charge in [-0.1, -0.05) is 13.8 Å². The van der Waals surface area contributed by atoms with Crippen LogP contribution in [0.4, 0.5) is 20.2 Å². The molecular formula is C12H14F2N2O2. The van der Waals surface area contributed by atoms with E-state index in [-0.39, 0.29) is 28.4 Å². The van der Waals surface area contributed by atoms with Crippen molar-refractivity contribution in [1.82, 2.24) is 0 Å². The zero-order chi connectivity index (χ0) is 13.5. The SMILES string of the molecule is CC1(C)CC1Nc1ccc([N+](=O)[O-])cc1C(F)F. The smallest absolute Gasteiger partial charge is 0.270 e. The number of nitro groups is 1. The molecule has 1 fully saturated rings. The summed E-state index contributed by atoms with van der Waals surface area (Å²) in [7, 11) is 0. The lowest BCUT2D eigenvalue weighted by Crippen LogP contribution is -2.10. The van der Waals surface area contributed by atoms with E-state index in [1.165, 1.54) is 12.1 Å². The number of hydrogen-bond acceptors (Lipinski definition) is 3. The third kappa shape index (κ3) is 2.42. The van der Waals surface area contributed by atoms with Gasteiger partial charge in [0.05, 0.1) is 4.92 Å². The summed E-state index contributed by atoms with van der Waals surface area (Å²) in [5.41, 5.74) is -0.245. The van der Waals surface area contributed by atoms with Crippen molar-refractivity contribution in [3.05, 3.63) is 33.9 Å².